The average molecular weight is 549 g/mol. The van der Waals surface area contributed by atoms with E-state index in [-0.39, 0.29) is 35.2 Å². The molecule has 0 aliphatic rings. The van der Waals surface area contributed by atoms with Crippen LogP contribution in [0.1, 0.15) is 37.5 Å². The van der Waals surface area contributed by atoms with Crippen LogP contribution in [0.25, 0.3) is 34.5 Å². The van der Waals surface area contributed by atoms with E-state index in [0.29, 0.717) is 0 Å². The molecule has 0 aliphatic heterocycles. The highest BCUT2D eigenvalue weighted by Gasteiger charge is 2.18. The highest BCUT2D eigenvalue weighted by Crippen LogP contribution is 2.29. The lowest BCUT2D eigenvalue weighted by Gasteiger charge is -2.19. The number of halogens is 2. The first kappa shape index (κ1) is 24.8. The first-order valence-corrected chi connectivity index (χ1v) is 10.9. The maximum Gasteiger partial charge on any atom is 0.212 e. The molecule has 1 heterocycles. The van der Waals surface area contributed by atoms with Gasteiger partial charge in [-0.15, -0.1) is 0 Å². The summed E-state index contributed by atoms with van der Waals surface area (Å²) in [5, 5.41) is 0. The Hall–Kier alpha value is -2.79. The van der Waals surface area contributed by atoms with E-state index >= 15 is 0 Å². The summed E-state index contributed by atoms with van der Waals surface area (Å²) in [6.45, 7) is 6.69. The van der Waals surface area contributed by atoms with Crippen molar-refractivity contribution in [2.24, 2.45) is 7.05 Å². The minimum absolute atomic E-state index is 0. The molecule has 0 amide bonds. The lowest BCUT2D eigenvalue weighted by molar-refractivity contribution is -0.659. The van der Waals surface area contributed by atoms with Gasteiger partial charge < -0.3 is 24.0 Å². The molecule has 3 heteroatoms. The normalized spacial score (nSPS) is 11.4. The topological polar surface area (TPSA) is 3.88 Å². The van der Waals surface area contributed by atoms with Gasteiger partial charge in [0.2, 0.25) is 5.69 Å². The van der Waals surface area contributed by atoms with Gasteiger partial charge in [-0.25, -0.2) is 8.96 Å². The van der Waals surface area contributed by atoms with Crippen molar-refractivity contribution < 1.29 is 32.9 Å². The zero-order valence-corrected chi connectivity index (χ0v) is 21.7. The van der Waals surface area contributed by atoms with Crippen molar-refractivity contribution in [1.82, 2.24) is 0 Å². The van der Waals surface area contributed by atoms with Crippen molar-refractivity contribution in [1.29, 1.82) is 0 Å². The molecule has 4 rings (SSSR count). The van der Waals surface area contributed by atoms with Gasteiger partial charge in [0.25, 0.3) is 0 Å². The van der Waals surface area contributed by atoms with E-state index in [1.807, 2.05) is 12.1 Å². The molecule has 1 nitrogen and oxygen atoms in total. The Morgan fingerprint density at radius 3 is 2.00 bits per heavy atom. The Morgan fingerprint density at radius 1 is 0.758 bits per heavy atom. The molecule has 0 bridgehead atoms. The summed E-state index contributed by atoms with van der Waals surface area (Å²) in [6, 6.07) is 28.0. The smallest absolute Gasteiger partial charge is 0.212 e. The second-order valence-electron chi connectivity index (χ2n) is 9.22. The third kappa shape index (κ3) is 5.97. The molecule has 0 fully saturated rings. The fraction of sp³-hybridized carbons (Fsp3) is 0.167. The van der Waals surface area contributed by atoms with Crippen LogP contribution < -0.4 is 28.5 Å². The van der Waals surface area contributed by atoms with Crippen LogP contribution in [0.2, 0.25) is 0 Å². The number of rotatable bonds is 4. The molecule has 0 atom stereocenters. The van der Waals surface area contributed by atoms with E-state index in [1.54, 1.807) is 12.1 Å². The Balaban J connectivity index is 0.00000306. The first-order valence-electron chi connectivity index (χ1n) is 10.9. The standard InChI is InChI=1S/C30H29FN.HI/c1-30(2,3)26-16-14-24(15-17-26)29-20-25(13-10-22-11-18-27(31)19-12-22)28(21-32(29)4)23-8-6-5-7-9-23;/h5-21H,1-4H3;1H/q+1;/p-1/b13-10+;. The van der Waals surface area contributed by atoms with Gasteiger partial charge in [-0.3, -0.25) is 0 Å². The fourth-order valence-corrected chi connectivity index (χ4v) is 3.85. The molecule has 0 radical (unpaired) electrons. The van der Waals surface area contributed by atoms with Crippen LogP contribution in [-0.4, -0.2) is 0 Å². The van der Waals surface area contributed by atoms with Crippen molar-refractivity contribution >= 4 is 12.2 Å². The molecule has 0 saturated heterocycles. The molecular formula is C30H29FIN. The van der Waals surface area contributed by atoms with Gasteiger partial charge in [-0.2, -0.15) is 0 Å². The quantitative estimate of drug-likeness (QED) is 0.262. The van der Waals surface area contributed by atoms with Gasteiger partial charge in [0, 0.05) is 11.6 Å². The molecule has 168 valence electrons. The monoisotopic (exact) mass is 549 g/mol. The van der Waals surface area contributed by atoms with E-state index < -0.39 is 0 Å². The van der Waals surface area contributed by atoms with Crippen LogP contribution in [0, 0.1) is 5.82 Å². The third-order valence-electron chi connectivity index (χ3n) is 5.76. The summed E-state index contributed by atoms with van der Waals surface area (Å²) >= 11 is 0. The van der Waals surface area contributed by atoms with E-state index in [0.717, 1.165) is 27.9 Å². The first-order chi connectivity index (χ1) is 15.3. The molecular weight excluding hydrogens is 520 g/mol. The number of hydrogen-bond acceptors (Lipinski definition) is 0. The molecule has 3 aromatic carbocycles. The van der Waals surface area contributed by atoms with Crippen molar-refractivity contribution in [3.63, 3.8) is 0 Å². The van der Waals surface area contributed by atoms with Crippen LogP contribution in [0.5, 0.6) is 0 Å². The lowest BCUT2D eigenvalue weighted by atomic mass is 9.86. The second kappa shape index (κ2) is 10.4. The van der Waals surface area contributed by atoms with Crippen molar-refractivity contribution in [2.45, 2.75) is 26.2 Å². The number of aryl methyl sites for hydroxylation is 1. The maximum atomic E-state index is 13.3. The summed E-state index contributed by atoms with van der Waals surface area (Å²) in [5.41, 5.74) is 8.17. The summed E-state index contributed by atoms with van der Waals surface area (Å²) < 4.78 is 15.5. The number of pyridine rings is 1. The Kier molecular flexibility index (Phi) is 7.85. The number of aromatic nitrogens is 1. The summed E-state index contributed by atoms with van der Waals surface area (Å²) in [7, 11) is 2.09. The SMILES string of the molecule is C[n+]1cc(-c2ccccc2)c(/C=C/c2ccc(F)cc2)cc1-c1ccc(C(C)(C)C)cc1.[I-]. The van der Waals surface area contributed by atoms with Crippen LogP contribution in [-0.2, 0) is 12.5 Å². The Bertz CT molecular complexity index is 1240. The van der Waals surface area contributed by atoms with Crippen LogP contribution in [0.4, 0.5) is 4.39 Å². The molecule has 0 unspecified atom stereocenters. The van der Waals surface area contributed by atoms with Gasteiger partial charge >= 0.3 is 0 Å². The van der Waals surface area contributed by atoms with Gasteiger partial charge in [-0.1, -0.05) is 87.5 Å². The van der Waals surface area contributed by atoms with E-state index in [9.17, 15) is 4.39 Å². The minimum Gasteiger partial charge on any atom is -1.00 e. The maximum absolute atomic E-state index is 13.3. The van der Waals surface area contributed by atoms with Crippen molar-refractivity contribution in [3.8, 4) is 22.4 Å². The van der Waals surface area contributed by atoms with Gasteiger partial charge in [0.1, 0.15) is 12.9 Å². The van der Waals surface area contributed by atoms with Crippen molar-refractivity contribution in [2.75, 3.05) is 0 Å². The Morgan fingerprint density at radius 2 is 1.39 bits per heavy atom. The molecule has 4 aromatic rings. The largest absolute Gasteiger partial charge is 1.00 e. The van der Waals surface area contributed by atoms with Crippen LogP contribution >= 0.6 is 0 Å². The van der Waals surface area contributed by atoms with Crippen molar-refractivity contribution in [3.05, 3.63) is 114 Å². The fourth-order valence-electron chi connectivity index (χ4n) is 3.85. The number of nitrogens with zero attached hydrogens (tertiary/aromatic N) is 1. The number of benzene rings is 3. The van der Waals surface area contributed by atoms with Gasteiger partial charge in [0.15, 0.2) is 6.20 Å². The lowest BCUT2D eigenvalue weighted by Crippen LogP contribution is -3.00. The van der Waals surface area contributed by atoms with Gasteiger partial charge in [0.05, 0.1) is 5.56 Å². The van der Waals surface area contributed by atoms with E-state index in [2.05, 4.69) is 99.3 Å². The summed E-state index contributed by atoms with van der Waals surface area (Å²) in [5.74, 6) is -0.222. The van der Waals surface area contributed by atoms with Crippen LogP contribution in [0.15, 0.2) is 91.1 Å². The second-order valence-corrected chi connectivity index (χ2v) is 9.22. The minimum atomic E-state index is -0.222. The Labute approximate surface area is 213 Å². The third-order valence-corrected chi connectivity index (χ3v) is 5.76. The zero-order chi connectivity index (χ0) is 22.7. The summed E-state index contributed by atoms with van der Waals surface area (Å²) in [6.07, 6.45) is 6.34. The highest BCUT2D eigenvalue weighted by atomic mass is 127. The number of hydrogen-bond donors (Lipinski definition) is 0. The highest BCUT2D eigenvalue weighted by molar-refractivity contribution is 5.81. The predicted octanol–water partition coefficient (Wildman–Crippen LogP) is 4.46. The molecule has 0 aliphatic carbocycles. The molecule has 0 spiro atoms. The zero-order valence-electron chi connectivity index (χ0n) is 19.5. The molecule has 1 aromatic heterocycles. The van der Waals surface area contributed by atoms with Gasteiger partial charge in [-0.05, 0) is 51.9 Å². The van der Waals surface area contributed by atoms with E-state index in [1.165, 1.54) is 23.3 Å². The van der Waals surface area contributed by atoms with E-state index in [4.69, 9.17) is 0 Å². The summed E-state index contributed by atoms with van der Waals surface area (Å²) in [4.78, 5) is 0. The molecule has 0 saturated carbocycles. The average Bonchev–Trinajstić information content (AvgIpc) is 2.79. The van der Waals surface area contributed by atoms with Crippen LogP contribution in [0.3, 0.4) is 0 Å². The molecule has 33 heavy (non-hydrogen) atoms. The predicted molar refractivity (Wildman–Crippen MR) is 133 cm³/mol. The molecule has 0 N–H and O–H groups in total.